The molecule has 0 aliphatic carbocycles. The van der Waals surface area contributed by atoms with Crippen LogP contribution in [0.5, 0.6) is 0 Å². The van der Waals surface area contributed by atoms with Crippen molar-refractivity contribution >= 4 is 27.8 Å². The van der Waals surface area contributed by atoms with Crippen molar-refractivity contribution in [3.8, 4) is 0 Å². The highest BCUT2D eigenvalue weighted by atomic mass is 79.9. The molecule has 0 saturated carbocycles. The number of carboxylic acids is 1. The van der Waals surface area contributed by atoms with Crippen LogP contribution in [0.1, 0.15) is 37.2 Å². The zero-order valence-corrected chi connectivity index (χ0v) is 11.3. The third-order valence-corrected chi connectivity index (χ3v) is 3.09. The van der Waals surface area contributed by atoms with Gasteiger partial charge in [-0.1, -0.05) is 6.92 Å². The topological polar surface area (TPSA) is 82.2 Å². The van der Waals surface area contributed by atoms with E-state index in [1.807, 2.05) is 6.92 Å². The second kappa shape index (κ2) is 5.35. The first kappa shape index (κ1) is 13.8. The minimum atomic E-state index is -0.928. The summed E-state index contributed by atoms with van der Waals surface area (Å²) < 4.78 is 0.777. The zero-order chi connectivity index (χ0) is 13.1. The van der Waals surface area contributed by atoms with E-state index in [0.29, 0.717) is 12.1 Å². The zero-order valence-electron chi connectivity index (χ0n) is 9.71. The highest BCUT2D eigenvalue weighted by molar-refractivity contribution is 9.10. The fourth-order valence-electron chi connectivity index (χ4n) is 1.43. The van der Waals surface area contributed by atoms with E-state index >= 15 is 0 Å². The lowest BCUT2D eigenvalue weighted by molar-refractivity contribution is -0.138. The van der Waals surface area contributed by atoms with Gasteiger partial charge in [0.05, 0.1) is 6.42 Å². The van der Waals surface area contributed by atoms with Gasteiger partial charge in [0.2, 0.25) is 0 Å². The van der Waals surface area contributed by atoms with Crippen LogP contribution in [0.2, 0.25) is 0 Å². The first-order valence-corrected chi connectivity index (χ1v) is 6.04. The SMILES string of the molecule is CC[C@@](C)(CC(=O)O)NC(=O)c1cc(Br)c[nH]1. The minimum Gasteiger partial charge on any atom is -0.481 e. The van der Waals surface area contributed by atoms with Crippen molar-refractivity contribution < 1.29 is 14.7 Å². The average Bonchev–Trinajstić information content (AvgIpc) is 2.63. The number of H-pyrrole nitrogens is 1. The monoisotopic (exact) mass is 302 g/mol. The second-order valence-corrected chi connectivity index (χ2v) is 5.09. The van der Waals surface area contributed by atoms with Crippen LogP contribution in [0, 0.1) is 0 Å². The maximum absolute atomic E-state index is 11.9. The van der Waals surface area contributed by atoms with E-state index < -0.39 is 11.5 Å². The summed E-state index contributed by atoms with van der Waals surface area (Å²) in [5, 5.41) is 11.5. The highest BCUT2D eigenvalue weighted by Gasteiger charge is 2.28. The molecule has 1 rings (SSSR count). The summed E-state index contributed by atoms with van der Waals surface area (Å²) >= 11 is 3.23. The van der Waals surface area contributed by atoms with Gasteiger partial charge in [0.1, 0.15) is 5.69 Å². The fourth-order valence-corrected chi connectivity index (χ4v) is 1.78. The Morgan fingerprint density at radius 1 is 1.59 bits per heavy atom. The van der Waals surface area contributed by atoms with Gasteiger partial charge in [0.25, 0.3) is 5.91 Å². The first-order chi connectivity index (χ1) is 7.86. The lowest BCUT2D eigenvalue weighted by Crippen LogP contribution is -2.47. The third-order valence-electron chi connectivity index (χ3n) is 2.63. The lowest BCUT2D eigenvalue weighted by atomic mass is 9.94. The van der Waals surface area contributed by atoms with Gasteiger partial charge in [-0.05, 0) is 35.3 Å². The van der Waals surface area contributed by atoms with Gasteiger partial charge >= 0.3 is 5.97 Å². The molecule has 0 saturated heterocycles. The van der Waals surface area contributed by atoms with E-state index in [9.17, 15) is 9.59 Å². The molecule has 0 fully saturated rings. The third kappa shape index (κ3) is 3.89. The molecule has 1 aromatic heterocycles. The number of aromatic nitrogens is 1. The molecule has 1 atom stereocenters. The molecular weight excluding hydrogens is 288 g/mol. The van der Waals surface area contributed by atoms with Crippen LogP contribution in [0.3, 0.4) is 0 Å². The van der Waals surface area contributed by atoms with Crippen LogP contribution in [0.15, 0.2) is 16.7 Å². The van der Waals surface area contributed by atoms with Crippen molar-refractivity contribution in [3.05, 3.63) is 22.4 Å². The van der Waals surface area contributed by atoms with Crippen molar-refractivity contribution in [2.45, 2.75) is 32.2 Å². The van der Waals surface area contributed by atoms with Crippen molar-refractivity contribution in [2.75, 3.05) is 0 Å². The number of amides is 1. The van der Waals surface area contributed by atoms with Gasteiger partial charge in [0, 0.05) is 16.2 Å². The second-order valence-electron chi connectivity index (χ2n) is 4.17. The number of nitrogens with one attached hydrogen (secondary N) is 2. The molecule has 1 amide bonds. The van der Waals surface area contributed by atoms with E-state index in [2.05, 4.69) is 26.2 Å². The summed E-state index contributed by atoms with van der Waals surface area (Å²) in [5.74, 6) is -1.23. The van der Waals surface area contributed by atoms with E-state index in [1.165, 1.54) is 0 Å². The predicted octanol–water partition coefficient (Wildman–Crippen LogP) is 2.15. The van der Waals surface area contributed by atoms with Crippen molar-refractivity contribution in [3.63, 3.8) is 0 Å². The summed E-state index contributed by atoms with van der Waals surface area (Å²) in [4.78, 5) is 25.4. The van der Waals surface area contributed by atoms with Gasteiger partial charge in [-0.15, -0.1) is 0 Å². The number of hydrogen-bond donors (Lipinski definition) is 3. The first-order valence-electron chi connectivity index (χ1n) is 5.24. The van der Waals surface area contributed by atoms with E-state index in [0.717, 1.165) is 4.47 Å². The number of hydrogen-bond acceptors (Lipinski definition) is 2. The Labute approximate surface area is 108 Å². The van der Waals surface area contributed by atoms with Gasteiger partial charge in [-0.25, -0.2) is 0 Å². The molecule has 0 aliphatic rings. The molecule has 94 valence electrons. The van der Waals surface area contributed by atoms with Crippen molar-refractivity contribution in [2.24, 2.45) is 0 Å². The van der Waals surface area contributed by atoms with Crippen LogP contribution >= 0.6 is 15.9 Å². The Bertz CT molecular complexity index is 430. The highest BCUT2D eigenvalue weighted by Crippen LogP contribution is 2.16. The number of aliphatic carboxylic acids is 1. The summed E-state index contributed by atoms with van der Waals surface area (Å²) in [6.45, 7) is 3.56. The quantitative estimate of drug-likeness (QED) is 0.779. The van der Waals surface area contributed by atoms with Gasteiger partial charge < -0.3 is 15.4 Å². The molecular formula is C11H15BrN2O3. The Morgan fingerprint density at radius 3 is 2.65 bits per heavy atom. The van der Waals surface area contributed by atoms with E-state index in [1.54, 1.807) is 19.2 Å². The number of carbonyl (C=O) groups is 2. The predicted molar refractivity (Wildman–Crippen MR) is 66.9 cm³/mol. The summed E-state index contributed by atoms with van der Waals surface area (Å²) in [7, 11) is 0. The normalized spacial score (nSPS) is 14.1. The number of aromatic amines is 1. The van der Waals surface area contributed by atoms with Gasteiger partial charge in [0.15, 0.2) is 0 Å². The average molecular weight is 303 g/mol. The number of rotatable bonds is 5. The molecule has 5 nitrogen and oxygen atoms in total. The Morgan fingerprint density at radius 2 is 2.24 bits per heavy atom. The molecule has 1 aromatic rings. The molecule has 6 heteroatoms. The van der Waals surface area contributed by atoms with Crippen LogP contribution in [0.4, 0.5) is 0 Å². The fraction of sp³-hybridized carbons (Fsp3) is 0.455. The van der Waals surface area contributed by atoms with Gasteiger partial charge in [-0.3, -0.25) is 9.59 Å². The van der Waals surface area contributed by atoms with Gasteiger partial charge in [-0.2, -0.15) is 0 Å². The largest absolute Gasteiger partial charge is 0.481 e. The van der Waals surface area contributed by atoms with E-state index in [4.69, 9.17) is 5.11 Å². The molecule has 0 aromatic carbocycles. The lowest BCUT2D eigenvalue weighted by Gasteiger charge is -2.27. The molecule has 0 bridgehead atoms. The summed E-state index contributed by atoms with van der Waals surface area (Å²) in [5.41, 5.74) is -0.331. The van der Waals surface area contributed by atoms with E-state index in [-0.39, 0.29) is 12.3 Å². The molecule has 1 heterocycles. The standard InChI is InChI=1S/C11H15BrN2O3/c1-3-11(2,5-9(15)16)14-10(17)8-4-7(12)6-13-8/h4,6,13H,3,5H2,1-2H3,(H,14,17)(H,15,16)/t11-/m0/s1. The maximum atomic E-state index is 11.9. The van der Waals surface area contributed by atoms with Crippen LogP contribution in [0.25, 0.3) is 0 Å². The Balaban J connectivity index is 2.74. The number of carboxylic acid groups (broad SMARTS) is 1. The molecule has 0 spiro atoms. The van der Waals surface area contributed by atoms with Crippen LogP contribution in [-0.4, -0.2) is 27.5 Å². The van der Waals surface area contributed by atoms with Crippen LogP contribution < -0.4 is 5.32 Å². The molecule has 3 N–H and O–H groups in total. The number of halogens is 1. The number of carbonyl (C=O) groups excluding carboxylic acids is 1. The summed E-state index contributed by atoms with van der Waals surface area (Å²) in [6.07, 6.45) is 2.10. The van der Waals surface area contributed by atoms with Crippen molar-refractivity contribution in [1.29, 1.82) is 0 Å². The maximum Gasteiger partial charge on any atom is 0.305 e. The molecule has 0 radical (unpaired) electrons. The van der Waals surface area contributed by atoms with Crippen LogP contribution in [-0.2, 0) is 4.79 Å². The molecule has 0 aliphatic heterocycles. The summed E-state index contributed by atoms with van der Waals surface area (Å²) in [6, 6.07) is 1.65. The Kier molecular flexibility index (Phi) is 4.34. The Hall–Kier alpha value is -1.30. The molecule has 0 unspecified atom stereocenters. The minimum absolute atomic E-state index is 0.100. The smallest absolute Gasteiger partial charge is 0.305 e. The van der Waals surface area contributed by atoms with Crippen molar-refractivity contribution in [1.82, 2.24) is 10.3 Å². The molecule has 17 heavy (non-hydrogen) atoms.